The molecule has 0 bridgehead atoms. The number of aromatic hydroxyl groups is 1. The van der Waals surface area contributed by atoms with E-state index in [0.717, 1.165) is 13.0 Å². The molecular weight excluding hydrogens is 377 g/mol. The molecule has 1 aromatic heterocycles. The molecule has 27 heavy (non-hydrogen) atoms. The second-order valence-electron chi connectivity index (χ2n) is 5.43. The van der Waals surface area contributed by atoms with Crippen LogP contribution in [-0.4, -0.2) is 19.5 Å². The Kier molecular flexibility index (Phi) is 4.87. The normalized spacial score (nSPS) is 11.2. The number of carbonyl (C=O) groups excluding carboxylic acids is 1. The largest absolute Gasteiger partial charge is 0.502 e. The van der Waals surface area contributed by atoms with E-state index >= 15 is 0 Å². The minimum Gasteiger partial charge on any atom is -0.502 e. The first-order chi connectivity index (χ1) is 12.8. The van der Waals surface area contributed by atoms with E-state index in [-0.39, 0.29) is 16.2 Å². The zero-order valence-electron chi connectivity index (χ0n) is 14.0. The number of hydrogen-bond acceptors (Lipinski definition) is 6. The van der Waals surface area contributed by atoms with Gasteiger partial charge in [0.2, 0.25) is 11.5 Å². The van der Waals surface area contributed by atoms with Crippen LogP contribution >= 0.6 is 0 Å². The molecule has 0 aliphatic rings. The highest BCUT2D eigenvalue weighted by Crippen LogP contribution is 2.47. The van der Waals surface area contributed by atoms with E-state index in [1.165, 1.54) is 42.5 Å². The van der Waals surface area contributed by atoms with Crippen molar-refractivity contribution in [2.45, 2.75) is 11.8 Å². The number of anilines is 1. The number of rotatable bonds is 5. The molecule has 0 fully saturated rings. The average Bonchev–Trinajstić information content (AvgIpc) is 2.91. The predicted molar refractivity (Wildman–Crippen MR) is 94.3 cm³/mol. The summed E-state index contributed by atoms with van der Waals surface area (Å²) in [5, 5.41) is 10.3. The van der Waals surface area contributed by atoms with E-state index in [1.54, 1.807) is 6.07 Å². The highest BCUT2D eigenvalue weighted by molar-refractivity contribution is 7.92. The van der Waals surface area contributed by atoms with Crippen molar-refractivity contribution in [3.05, 3.63) is 60.4 Å². The summed E-state index contributed by atoms with van der Waals surface area (Å²) in [7, 11) is -4.11. The number of ether oxygens (including phenoxy) is 1. The number of esters is 1. The maximum absolute atomic E-state index is 14.0. The van der Waals surface area contributed by atoms with Crippen molar-refractivity contribution < 1.29 is 31.9 Å². The molecule has 0 atom stereocenters. The van der Waals surface area contributed by atoms with Crippen molar-refractivity contribution >= 4 is 21.9 Å². The van der Waals surface area contributed by atoms with Crippen LogP contribution in [0.25, 0.3) is 11.3 Å². The monoisotopic (exact) mass is 391 g/mol. The van der Waals surface area contributed by atoms with Crippen LogP contribution in [0.1, 0.15) is 6.92 Å². The van der Waals surface area contributed by atoms with Crippen molar-refractivity contribution in [2.24, 2.45) is 0 Å². The molecule has 9 heteroatoms. The fraction of sp³-hybridized carbons (Fsp3) is 0.0556. The van der Waals surface area contributed by atoms with Crippen LogP contribution in [0.15, 0.2) is 63.9 Å². The topological polar surface area (TPSA) is 106 Å². The Bertz CT molecular complexity index is 1090. The molecule has 0 unspecified atom stereocenters. The second kappa shape index (κ2) is 7.12. The molecule has 0 aliphatic carbocycles. The van der Waals surface area contributed by atoms with Crippen LogP contribution in [0, 0.1) is 5.82 Å². The standard InChI is InChI=1S/C18H14FNO6S/c1-11(21)25-17-15(22)16(13-9-5-6-10-14(13)19)26-18(17)20-27(23,24)12-7-3-2-4-8-12/h2-10,20,22H,1H3. The fourth-order valence-corrected chi connectivity index (χ4v) is 3.33. The first-order valence-corrected chi connectivity index (χ1v) is 9.15. The van der Waals surface area contributed by atoms with Gasteiger partial charge in [-0.15, -0.1) is 0 Å². The zero-order valence-corrected chi connectivity index (χ0v) is 14.8. The third-order valence-corrected chi connectivity index (χ3v) is 4.83. The molecule has 0 saturated carbocycles. The third kappa shape index (κ3) is 3.77. The summed E-state index contributed by atoms with van der Waals surface area (Å²) in [6.45, 7) is 1.06. The van der Waals surface area contributed by atoms with Gasteiger partial charge in [-0.05, 0) is 24.3 Å². The molecule has 140 valence electrons. The van der Waals surface area contributed by atoms with Gasteiger partial charge in [0.25, 0.3) is 15.9 Å². The van der Waals surface area contributed by atoms with Crippen molar-refractivity contribution in [3.8, 4) is 22.8 Å². The smallest absolute Gasteiger partial charge is 0.308 e. The summed E-state index contributed by atoms with van der Waals surface area (Å²) in [6, 6.07) is 12.8. The molecular formula is C18H14FNO6S. The Morgan fingerprint density at radius 3 is 2.37 bits per heavy atom. The van der Waals surface area contributed by atoms with E-state index < -0.39 is 39.2 Å². The first-order valence-electron chi connectivity index (χ1n) is 7.66. The van der Waals surface area contributed by atoms with Crippen LogP contribution in [-0.2, 0) is 14.8 Å². The number of hydrogen-bond donors (Lipinski definition) is 2. The van der Waals surface area contributed by atoms with Gasteiger partial charge < -0.3 is 14.3 Å². The van der Waals surface area contributed by atoms with E-state index in [1.807, 2.05) is 0 Å². The van der Waals surface area contributed by atoms with Crippen LogP contribution in [0.3, 0.4) is 0 Å². The Morgan fingerprint density at radius 2 is 1.74 bits per heavy atom. The Balaban J connectivity index is 2.11. The van der Waals surface area contributed by atoms with Gasteiger partial charge in [-0.2, -0.15) is 0 Å². The summed E-state index contributed by atoms with van der Waals surface area (Å²) in [5.41, 5.74) is -0.131. The van der Waals surface area contributed by atoms with Gasteiger partial charge >= 0.3 is 5.97 Å². The SMILES string of the molecule is CC(=O)Oc1c(NS(=O)(=O)c2ccccc2)oc(-c2ccccc2F)c1O. The molecule has 3 rings (SSSR count). The van der Waals surface area contributed by atoms with Crippen molar-refractivity contribution in [1.82, 2.24) is 0 Å². The third-order valence-electron chi connectivity index (χ3n) is 3.49. The lowest BCUT2D eigenvalue weighted by molar-refractivity contribution is -0.131. The Hall–Kier alpha value is -3.33. The minimum atomic E-state index is -4.11. The summed E-state index contributed by atoms with van der Waals surface area (Å²) in [6.07, 6.45) is 0. The van der Waals surface area contributed by atoms with E-state index in [0.29, 0.717) is 0 Å². The Morgan fingerprint density at radius 1 is 1.11 bits per heavy atom. The van der Waals surface area contributed by atoms with Gasteiger partial charge in [-0.1, -0.05) is 30.3 Å². The molecule has 3 aromatic rings. The van der Waals surface area contributed by atoms with Crippen LogP contribution in [0.4, 0.5) is 10.3 Å². The molecule has 0 aliphatic heterocycles. The second-order valence-corrected chi connectivity index (χ2v) is 7.11. The number of carbonyl (C=O) groups is 1. The molecule has 2 N–H and O–H groups in total. The number of furan rings is 1. The summed E-state index contributed by atoms with van der Waals surface area (Å²) < 4.78 is 51.3. The zero-order chi connectivity index (χ0) is 19.6. The molecule has 0 saturated heterocycles. The first kappa shape index (κ1) is 18.5. The van der Waals surface area contributed by atoms with Crippen molar-refractivity contribution in [1.29, 1.82) is 0 Å². The van der Waals surface area contributed by atoms with Crippen LogP contribution in [0.5, 0.6) is 11.5 Å². The predicted octanol–water partition coefficient (Wildman–Crippen LogP) is 3.52. The van der Waals surface area contributed by atoms with Gasteiger partial charge in [0.15, 0.2) is 5.76 Å². The van der Waals surface area contributed by atoms with E-state index in [4.69, 9.17) is 9.15 Å². The molecule has 1 heterocycles. The van der Waals surface area contributed by atoms with Crippen molar-refractivity contribution in [3.63, 3.8) is 0 Å². The lowest BCUT2D eigenvalue weighted by atomic mass is 10.1. The minimum absolute atomic E-state index is 0.0814. The number of nitrogens with one attached hydrogen (secondary N) is 1. The lowest BCUT2D eigenvalue weighted by Gasteiger charge is -2.07. The van der Waals surface area contributed by atoms with Crippen molar-refractivity contribution in [2.75, 3.05) is 4.72 Å². The van der Waals surface area contributed by atoms with Gasteiger partial charge in [-0.3, -0.25) is 4.79 Å². The molecule has 7 nitrogen and oxygen atoms in total. The van der Waals surface area contributed by atoms with Gasteiger partial charge in [-0.25, -0.2) is 17.5 Å². The lowest BCUT2D eigenvalue weighted by Crippen LogP contribution is -2.13. The number of sulfonamides is 1. The molecule has 0 spiro atoms. The Labute approximate surface area is 154 Å². The maximum Gasteiger partial charge on any atom is 0.308 e. The maximum atomic E-state index is 14.0. The highest BCUT2D eigenvalue weighted by Gasteiger charge is 2.28. The summed E-state index contributed by atoms with van der Waals surface area (Å²) in [5.74, 6) is -3.74. The number of halogens is 1. The van der Waals surface area contributed by atoms with Gasteiger partial charge in [0.05, 0.1) is 10.5 Å². The van der Waals surface area contributed by atoms with Gasteiger partial charge in [0, 0.05) is 6.92 Å². The molecule has 0 amide bonds. The van der Waals surface area contributed by atoms with Crippen LogP contribution in [0.2, 0.25) is 0 Å². The number of benzene rings is 2. The van der Waals surface area contributed by atoms with E-state index in [9.17, 15) is 22.7 Å². The fourth-order valence-electron chi connectivity index (χ4n) is 2.32. The summed E-state index contributed by atoms with van der Waals surface area (Å²) in [4.78, 5) is 11.3. The van der Waals surface area contributed by atoms with Gasteiger partial charge in [0.1, 0.15) is 5.82 Å². The molecule has 0 radical (unpaired) electrons. The summed E-state index contributed by atoms with van der Waals surface area (Å²) >= 11 is 0. The average molecular weight is 391 g/mol. The molecule has 2 aromatic carbocycles. The van der Waals surface area contributed by atoms with Crippen LogP contribution < -0.4 is 9.46 Å². The quantitative estimate of drug-likeness (QED) is 0.645. The van der Waals surface area contributed by atoms with E-state index in [2.05, 4.69) is 4.72 Å². The highest BCUT2D eigenvalue weighted by atomic mass is 32.2.